The highest BCUT2D eigenvalue weighted by molar-refractivity contribution is 9.10. The van der Waals surface area contributed by atoms with Crippen molar-refractivity contribution in [3.05, 3.63) is 58.6 Å². The number of halogens is 1. The fourth-order valence-corrected chi connectivity index (χ4v) is 2.30. The molecular weight excluding hydrogens is 404 g/mol. The van der Waals surface area contributed by atoms with E-state index in [1.807, 2.05) is 6.07 Å². The molecule has 0 radical (unpaired) electrons. The molecule has 0 unspecified atom stereocenters. The number of carbonyl (C=O) groups excluding carboxylic acids is 2. The van der Waals surface area contributed by atoms with Crippen LogP contribution in [0.2, 0.25) is 0 Å². The number of amides is 2. The minimum atomic E-state index is -0.508. The highest BCUT2D eigenvalue weighted by Gasteiger charge is 2.14. The van der Waals surface area contributed by atoms with Gasteiger partial charge >= 0.3 is 0 Å². The fraction of sp³-hybridized carbons (Fsp3) is 0.222. The van der Waals surface area contributed by atoms with Crippen LogP contribution in [0.15, 0.2) is 53.0 Å². The van der Waals surface area contributed by atoms with Gasteiger partial charge in [-0.15, -0.1) is 0 Å². The predicted molar refractivity (Wildman–Crippen MR) is 99.1 cm³/mol. The Balaban J connectivity index is 1.88. The first kappa shape index (κ1) is 19.7. The van der Waals surface area contributed by atoms with Gasteiger partial charge in [-0.2, -0.15) is 0 Å². The largest absolute Gasteiger partial charge is 0.490 e. The van der Waals surface area contributed by atoms with E-state index in [0.717, 1.165) is 0 Å². The maximum absolute atomic E-state index is 12.3. The Bertz CT molecular complexity index is 740. The molecule has 2 aromatic rings. The normalized spacial score (nSPS) is 10.1. The zero-order valence-electron chi connectivity index (χ0n) is 14.2. The first-order valence-corrected chi connectivity index (χ1v) is 8.58. The van der Waals surface area contributed by atoms with Gasteiger partial charge in [0.15, 0.2) is 6.61 Å². The molecule has 2 N–H and O–H groups in total. The number of hydrogen-bond acceptors (Lipinski definition) is 5. The third-order valence-corrected chi connectivity index (χ3v) is 3.65. The van der Waals surface area contributed by atoms with E-state index in [2.05, 4.69) is 26.8 Å². The van der Waals surface area contributed by atoms with Crippen LogP contribution in [0.25, 0.3) is 0 Å². The van der Waals surface area contributed by atoms with Crippen LogP contribution in [0.4, 0.5) is 0 Å². The van der Waals surface area contributed by atoms with E-state index in [9.17, 15) is 9.59 Å². The molecular formula is C18H19BrN2O5. The van der Waals surface area contributed by atoms with Gasteiger partial charge in [0.2, 0.25) is 0 Å². The first-order valence-electron chi connectivity index (χ1n) is 7.78. The lowest BCUT2D eigenvalue weighted by Crippen LogP contribution is -2.44. The lowest BCUT2D eigenvalue weighted by Gasteiger charge is -2.13. The molecule has 7 nitrogen and oxygen atoms in total. The van der Waals surface area contributed by atoms with E-state index in [1.54, 1.807) is 49.6 Å². The standard InChI is InChI=1S/C18H19BrN2O5/c1-24-9-10-25-16-8-7-13(19)11-15(16)18(23)21-20-17(22)12-26-14-5-3-2-4-6-14/h2-8,11H,9-10,12H2,1H3,(H,20,22)(H,21,23). The number of benzene rings is 2. The van der Waals surface area contributed by atoms with Gasteiger partial charge in [-0.3, -0.25) is 20.4 Å². The maximum Gasteiger partial charge on any atom is 0.276 e. The van der Waals surface area contributed by atoms with Crippen LogP contribution in [0, 0.1) is 0 Å². The van der Waals surface area contributed by atoms with Crippen LogP contribution in [0.5, 0.6) is 11.5 Å². The van der Waals surface area contributed by atoms with E-state index in [1.165, 1.54) is 0 Å². The van der Waals surface area contributed by atoms with Crippen molar-refractivity contribution in [2.45, 2.75) is 0 Å². The molecule has 2 amide bonds. The van der Waals surface area contributed by atoms with Gasteiger partial charge in [-0.05, 0) is 30.3 Å². The van der Waals surface area contributed by atoms with Crippen molar-refractivity contribution in [2.24, 2.45) is 0 Å². The van der Waals surface area contributed by atoms with E-state index < -0.39 is 11.8 Å². The summed E-state index contributed by atoms with van der Waals surface area (Å²) in [6, 6.07) is 13.9. The van der Waals surface area contributed by atoms with Gasteiger partial charge in [0.25, 0.3) is 11.8 Å². The lowest BCUT2D eigenvalue weighted by molar-refractivity contribution is -0.123. The summed E-state index contributed by atoms with van der Waals surface area (Å²) in [5, 5.41) is 0. The number of hydrazine groups is 1. The van der Waals surface area contributed by atoms with Crippen molar-refractivity contribution in [3.8, 4) is 11.5 Å². The van der Waals surface area contributed by atoms with Crippen molar-refractivity contribution in [3.63, 3.8) is 0 Å². The Morgan fingerprint density at radius 2 is 1.77 bits per heavy atom. The van der Waals surface area contributed by atoms with Gasteiger partial charge < -0.3 is 14.2 Å². The van der Waals surface area contributed by atoms with E-state index in [4.69, 9.17) is 14.2 Å². The van der Waals surface area contributed by atoms with Crippen LogP contribution in [0.3, 0.4) is 0 Å². The van der Waals surface area contributed by atoms with E-state index in [-0.39, 0.29) is 12.2 Å². The highest BCUT2D eigenvalue weighted by atomic mass is 79.9. The summed E-state index contributed by atoms with van der Waals surface area (Å²) < 4.78 is 16.5. The van der Waals surface area contributed by atoms with Crippen LogP contribution in [-0.2, 0) is 9.53 Å². The number of nitrogens with one attached hydrogen (secondary N) is 2. The number of rotatable bonds is 8. The zero-order valence-corrected chi connectivity index (χ0v) is 15.7. The second kappa shape index (κ2) is 10.4. The molecule has 2 aromatic carbocycles. The fourth-order valence-electron chi connectivity index (χ4n) is 1.94. The molecule has 0 heterocycles. The smallest absolute Gasteiger partial charge is 0.276 e. The topological polar surface area (TPSA) is 85.9 Å². The lowest BCUT2D eigenvalue weighted by atomic mass is 10.2. The van der Waals surface area contributed by atoms with Crippen LogP contribution < -0.4 is 20.3 Å². The van der Waals surface area contributed by atoms with Crippen molar-refractivity contribution in [2.75, 3.05) is 26.9 Å². The Kier molecular flexibility index (Phi) is 7.91. The molecule has 0 saturated heterocycles. The first-order chi connectivity index (χ1) is 12.6. The summed E-state index contributed by atoms with van der Waals surface area (Å²) in [5.74, 6) is -0.0434. The second-order valence-electron chi connectivity index (χ2n) is 5.09. The maximum atomic E-state index is 12.3. The Morgan fingerprint density at radius 3 is 2.50 bits per heavy atom. The van der Waals surface area contributed by atoms with Crippen molar-refractivity contribution in [1.82, 2.24) is 10.9 Å². The molecule has 0 fully saturated rings. The van der Waals surface area contributed by atoms with Crippen LogP contribution in [-0.4, -0.2) is 38.7 Å². The molecule has 26 heavy (non-hydrogen) atoms. The number of methoxy groups -OCH3 is 1. The SMILES string of the molecule is COCCOc1ccc(Br)cc1C(=O)NNC(=O)COc1ccccc1. The second-order valence-corrected chi connectivity index (χ2v) is 6.00. The van der Waals surface area contributed by atoms with Gasteiger partial charge in [0.1, 0.15) is 18.1 Å². The Hall–Kier alpha value is -2.58. The molecule has 0 saturated carbocycles. The minimum Gasteiger partial charge on any atom is -0.490 e. The van der Waals surface area contributed by atoms with Gasteiger partial charge in [-0.25, -0.2) is 0 Å². The van der Waals surface area contributed by atoms with Crippen molar-refractivity contribution >= 4 is 27.7 Å². The summed E-state index contributed by atoms with van der Waals surface area (Å²) >= 11 is 3.31. The number of ether oxygens (including phenoxy) is 3. The third-order valence-electron chi connectivity index (χ3n) is 3.16. The molecule has 0 aromatic heterocycles. The Labute approximate surface area is 159 Å². The molecule has 0 spiro atoms. The summed E-state index contributed by atoms with van der Waals surface area (Å²) in [6.07, 6.45) is 0. The van der Waals surface area contributed by atoms with Crippen LogP contribution in [0.1, 0.15) is 10.4 Å². The summed E-state index contributed by atoms with van der Waals surface area (Å²) in [5.41, 5.74) is 4.93. The molecule has 8 heteroatoms. The zero-order chi connectivity index (χ0) is 18.8. The quantitative estimate of drug-likeness (QED) is 0.503. The minimum absolute atomic E-state index is 0.222. The van der Waals surface area contributed by atoms with Crippen molar-refractivity contribution < 1.29 is 23.8 Å². The molecule has 0 aliphatic heterocycles. The third kappa shape index (κ3) is 6.38. The molecule has 0 bridgehead atoms. The van der Waals surface area contributed by atoms with Gasteiger partial charge in [0.05, 0.1) is 12.2 Å². The predicted octanol–water partition coefficient (Wildman–Crippen LogP) is 2.31. The van der Waals surface area contributed by atoms with Gasteiger partial charge in [-0.1, -0.05) is 34.1 Å². The molecule has 0 atom stereocenters. The van der Waals surface area contributed by atoms with Crippen molar-refractivity contribution in [1.29, 1.82) is 0 Å². The molecule has 2 rings (SSSR count). The number of carbonyl (C=O) groups is 2. The number of para-hydroxylation sites is 1. The Morgan fingerprint density at radius 1 is 1.00 bits per heavy atom. The average Bonchev–Trinajstić information content (AvgIpc) is 2.66. The summed E-state index contributed by atoms with van der Waals surface area (Å²) in [6.45, 7) is 0.473. The molecule has 0 aliphatic carbocycles. The number of hydrogen-bond donors (Lipinski definition) is 2. The molecule has 0 aliphatic rings. The average molecular weight is 423 g/mol. The highest BCUT2D eigenvalue weighted by Crippen LogP contribution is 2.23. The summed E-state index contributed by atoms with van der Waals surface area (Å²) in [4.78, 5) is 24.1. The van der Waals surface area contributed by atoms with E-state index in [0.29, 0.717) is 29.2 Å². The van der Waals surface area contributed by atoms with E-state index >= 15 is 0 Å². The molecule has 138 valence electrons. The van der Waals surface area contributed by atoms with Crippen LogP contribution >= 0.6 is 15.9 Å². The van der Waals surface area contributed by atoms with Gasteiger partial charge in [0, 0.05) is 11.6 Å². The summed E-state index contributed by atoms with van der Waals surface area (Å²) in [7, 11) is 1.56. The monoisotopic (exact) mass is 422 g/mol.